The number of aromatic nitrogens is 3. The van der Waals surface area contributed by atoms with E-state index in [4.69, 9.17) is 4.98 Å². The molecule has 30 heavy (non-hydrogen) atoms. The Morgan fingerprint density at radius 2 is 1.83 bits per heavy atom. The van der Waals surface area contributed by atoms with Crippen LogP contribution in [0.5, 0.6) is 0 Å². The maximum atomic E-state index is 13.5. The number of hydrogen-bond donors (Lipinski definition) is 0. The van der Waals surface area contributed by atoms with Crippen molar-refractivity contribution in [3.63, 3.8) is 0 Å². The van der Waals surface area contributed by atoms with Gasteiger partial charge in [-0.1, -0.05) is 0 Å². The molecule has 1 amide bonds. The molecule has 1 aliphatic heterocycles. The van der Waals surface area contributed by atoms with Gasteiger partial charge in [0.1, 0.15) is 0 Å². The van der Waals surface area contributed by atoms with E-state index in [1.54, 1.807) is 4.90 Å². The van der Waals surface area contributed by atoms with Crippen LogP contribution >= 0.6 is 0 Å². The first-order chi connectivity index (χ1) is 14.2. The van der Waals surface area contributed by atoms with Crippen LogP contribution in [0.3, 0.4) is 0 Å². The lowest BCUT2D eigenvalue weighted by molar-refractivity contribution is -0.129. The molecular formula is C23H30F2N4O. The molecule has 2 aromatic rings. The molecule has 0 aromatic carbocycles. The Hall–Kier alpha value is -2.31. The summed E-state index contributed by atoms with van der Waals surface area (Å²) in [5, 5.41) is 4.57. The fraction of sp³-hybridized carbons (Fsp3) is 0.609. The minimum atomic E-state index is -2.52. The number of carbonyl (C=O) groups excluding carboxylic acids is 1. The van der Waals surface area contributed by atoms with E-state index in [1.807, 2.05) is 37.7 Å². The minimum Gasteiger partial charge on any atom is -0.345 e. The van der Waals surface area contributed by atoms with Crippen LogP contribution in [0.4, 0.5) is 8.78 Å². The van der Waals surface area contributed by atoms with E-state index < -0.39 is 5.92 Å². The highest BCUT2D eigenvalue weighted by atomic mass is 19.3. The molecule has 0 bridgehead atoms. The number of alkyl halides is 2. The molecule has 2 fully saturated rings. The lowest BCUT2D eigenvalue weighted by Crippen LogP contribution is -2.26. The number of nitrogens with zero attached hydrogens (tertiary/aromatic N) is 4. The van der Waals surface area contributed by atoms with E-state index in [1.165, 1.54) is 0 Å². The number of halogens is 2. The Kier molecular flexibility index (Phi) is 5.64. The van der Waals surface area contributed by atoms with Gasteiger partial charge in [-0.25, -0.2) is 18.4 Å². The average Bonchev–Trinajstić information content (AvgIpc) is 3.19. The number of rotatable bonds is 5. The summed E-state index contributed by atoms with van der Waals surface area (Å²) in [5.74, 6) is -1.37. The molecule has 7 heteroatoms. The van der Waals surface area contributed by atoms with Gasteiger partial charge < -0.3 is 4.90 Å². The SMILES string of the molecule is Cc1cc(C)n(-c2cc(C[C@@H]3CCN(C)C3=O)cc(CC3CCC(F)(F)CC3)n2)n1. The van der Waals surface area contributed by atoms with Gasteiger partial charge in [0, 0.05) is 43.7 Å². The van der Waals surface area contributed by atoms with Gasteiger partial charge in [0.15, 0.2) is 5.82 Å². The van der Waals surface area contributed by atoms with Crippen molar-refractivity contribution in [2.75, 3.05) is 13.6 Å². The van der Waals surface area contributed by atoms with E-state index in [2.05, 4.69) is 11.2 Å². The largest absolute Gasteiger partial charge is 0.345 e. The molecule has 0 unspecified atom stereocenters. The number of aryl methyl sites for hydroxylation is 2. The van der Waals surface area contributed by atoms with Crippen molar-refractivity contribution in [3.05, 3.63) is 40.8 Å². The van der Waals surface area contributed by atoms with Crippen LogP contribution in [-0.2, 0) is 17.6 Å². The van der Waals surface area contributed by atoms with Crippen LogP contribution in [0.15, 0.2) is 18.2 Å². The third-order valence-electron chi connectivity index (χ3n) is 6.51. The van der Waals surface area contributed by atoms with E-state index in [0.717, 1.165) is 41.4 Å². The molecule has 162 valence electrons. The van der Waals surface area contributed by atoms with Crippen LogP contribution in [0, 0.1) is 25.7 Å². The minimum absolute atomic E-state index is 0.00748. The monoisotopic (exact) mass is 416 g/mol. The Morgan fingerprint density at radius 3 is 2.43 bits per heavy atom. The van der Waals surface area contributed by atoms with Gasteiger partial charge in [-0.3, -0.25) is 4.79 Å². The molecule has 1 saturated heterocycles. The van der Waals surface area contributed by atoms with Crippen molar-refractivity contribution in [3.8, 4) is 5.82 Å². The Morgan fingerprint density at radius 1 is 1.10 bits per heavy atom. The van der Waals surface area contributed by atoms with Gasteiger partial charge >= 0.3 is 0 Å². The number of likely N-dealkylation sites (tertiary alicyclic amines) is 1. The van der Waals surface area contributed by atoms with Crippen molar-refractivity contribution in [1.82, 2.24) is 19.7 Å². The topological polar surface area (TPSA) is 51.0 Å². The Bertz CT molecular complexity index is 929. The first-order valence-corrected chi connectivity index (χ1v) is 10.9. The molecule has 1 saturated carbocycles. The van der Waals surface area contributed by atoms with E-state index in [9.17, 15) is 13.6 Å². The van der Waals surface area contributed by atoms with Gasteiger partial charge in [0.05, 0.1) is 5.69 Å². The Balaban J connectivity index is 1.61. The molecule has 1 aliphatic carbocycles. The van der Waals surface area contributed by atoms with Crippen LogP contribution < -0.4 is 0 Å². The fourth-order valence-electron chi connectivity index (χ4n) is 4.79. The summed E-state index contributed by atoms with van der Waals surface area (Å²) >= 11 is 0. The highest BCUT2D eigenvalue weighted by molar-refractivity contribution is 5.80. The zero-order chi connectivity index (χ0) is 21.5. The maximum absolute atomic E-state index is 13.5. The number of hydrogen-bond acceptors (Lipinski definition) is 3. The van der Waals surface area contributed by atoms with Crippen LogP contribution in [-0.4, -0.2) is 45.1 Å². The first kappa shape index (κ1) is 20.9. The number of pyridine rings is 1. The number of amides is 1. The smallest absolute Gasteiger partial charge is 0.248 e. The van der Waals surface area contributed by atoms with Crippen LogP contribution in [0.25, 0.3) is 5.82 Å². The van der Waals surface area contributed by atoms with E-state index in [0.29, 0.717) is 25.7 Å². The van der Waals surface area contributed by atoms with Gasteiger partial charge in [0.2, 0.25) is 11.8 Å². The standard InChI is InChI=1S/C23H30F2N4O/c1-15-10-16(2)29(27-15)21-14-18(11-19-6-9-28(3)22(19)30)13-20(26-21)12-17-4-7-23(24,25)8-5-17/h10,13-14,17,19H,4-9,11-12H2,1-3H3/t19-/m0/s1. The third kappa shape index (κ3) is 4.55. The molecule has 2 aliphatic rings. The predicted octanol–water partition coefficient (Wildman–Crippen LogP) is 4.27. The zero-order valence-electron chi connectivity index (χ0n) is 18.0. The van der Waals surface area contributed by atoms with Gasteiger partial charge in [0.25, 0.3) is 0 Å². The van der Waals surface area contributed by atoms with Crippen molar-refractivity contribution in [1.29, 1.82) is 0 Å². The fourth-order valence-corrected chi connectivity index (χ4v) is 4.79. The molecule has 1 atom stereocenters. The first-order valence-electron chi connectivity index (χ1n) is 10.9. The van der Waals surface area contributed by atoms with Crippen molar-refractivity contribution >= 4 is 5.91 Å². The summed E-state index contributed by atoms with van der Waals surface area (Å²) in [4.78, 5) is 19.0. The third-order valence-corrected chi connectivity index (χ3v) is 6.51. The van der Waals surface area contributed by atoms with Crippen molar-refractivity contribution < 1.29 is 13.6 Å². The lowest BCUT2D eigenvalue weighted by Gasteiger charge is -2.28. The predicted molar refractivity (Wildman–Crippen MR) is 111 cm³/mol. The molecule has 0 radical (unpaired) electrons. The molecule has 4 rings (SSSR count). The van der Waals surface area contributed by atoms with E-state index in [-0.39, 0.29) is 30.6 Å². The van der Waals surface area contributed by atoms with Gasteiger partial charge in [-0.05, 0) is 75.6 Å². The second kappa shape index (κ2) is 8.08. The molecule has 5 nitrogen and oxygen atoms in total. The summed E-state index contributed by atoms with van der Waals surface area (Å²) in [6, 6.07) is 6.09. The second-order valence-electron chi connectivity index (χ2n) is 9.12. The van der Waals surface area contributed by atoms with Crippen LogP contribution in [0.1, 0.15) is 54.7 Å². The number of carbonyl (C=O) groups is 1. The highest BCUT2D eigenvalue weighted by Gasteiger charge is 2.35. The highest BCUT2D eigenvalue weighted by Crippen LogP contribution is 2.37. The summed E-state index contributed by atoms with van der Waals surface area (Å²) in [7, 11) is 1.85. The molecule has 0 spiro atoms. The summed E-state index contributed by atoms with van der Waals surface area (Å²) < 4.78 is 28.9. The zero-order valence-corrected chi connectivity index (χ0v) is 18.0. The summed E-state index contributed by atoms with van der Waals surface area (Å²) in [6.07, 6.45) is 3.21. The maximum Gasteiger partial charge on any atom is 0.248 e. The average molecular weight is 417 g/mol. The lowest BCUT2D eigenvalue weighted by atomic mass is 9.83. The van der Waals surface area contributed by atoms with Crippen molar-refractivity contribution in [2.45, 2.75) is 64.7 Å². The van der Waals surface area contributed by atoms with Gasteiger partial charge in [-0.15, -0.1) is 0 Å². The normalized spacial score (nSPS) is 22.1. The molecule has 3 heterocycles. The molecule has 2 aromatic heterocycles. The second-order valence-corrected chi connectivity index (χ2v) is 9.12. The van der Waals surface area contributed by atoms with Crippen molar-refractivity contribution in [2.24, 2.45) is 11.8 Å². The van der Waals surface area contributed by atoms with Crippen LogP contribution in [0.2, 0.25) is 0 Å². The van der Waals surface area contributed by atoms with Gasteiger partial charge in [-0.2, -0.15) is 5.10 Å². The molecule has 0 N–H and O–H groups in total. The molecular weight excluding hydrogens is 386 g/mol. The quantitative estimate of drug-likeness (QED) is 0.731. The Labute approximate surface area is 176 Å². The van der Waals surface area contributed by atoms with E-state index >= 15 is 0 Å². The summed E-state index contributed by atoms with van der Waals surface area (Å²) in [5.41, 5.74) is 3.89. The summed E-state index contributed by atoms with van der Waals surface area (Å²) in [6.45, 7) is 4.73.